The average molecular weight is 341 g/mol. The highest BCUT2D eigenvalue weighted by molar-refractivity contribution is 6.08. The first-order valence-corrected chi connectivity index (χ1v) is 7.79. The van der Waals surface area contributed by atoms with Crippen LogP contribution in [0.4, 0.5) is 11.4 Å². The van der Waals surface area contributed by atoms with Crippen LogP contribution in [-0.2, 0) is 4.74 Å². The average Bonchev–Trinajstić information content (AvgIpc) is 2.99. The Hall–Kier alpha value is -3.22. The largest absolute Gasteiger partial charge is 0.493 e. The van der Waals surface area contributed by atoms with E-state index >= 15 is 0 Å². The molecule has 0 radical (unpaired) electrons. The summed E-state index contributed by atoms with van der Waals surface area (Å²) in [5.41, 5.74) is 2.48. The van der Waals surface area contributed by atoms with E-state index in [0.29, 0.717) is 22.9 Å². The quantitative estimate of drug-likeness (QED) is 0.668. The fraction of sp³-hybridized carbons (Fsp3) is 0.222. The van der Waals surface area contributed by atoms with E-state index in [9.17, 15) is 4.79 Å². The van der Waals surface area contributed by atoms with Gasteiger partial charge >= 0.3 is 5.97 Å². The van der Waals surface area contributed by atoms with Crippen molar-refractivity contribution in [2.75, 3.05) is 26.1 Å². The summed E-state index contributed by atoms with van der Waals surface area (Å²) in [4.78, 5) is 19.5. The van der Waals surface area contributed by atoms with Gasteiger partial charge < -0.3 is 24.5 Å². The summed E-state index contributed by atoms with van der Waals surface area (Å²) in [5, 5.41) is 4.04. The van der Waals surface area contributed by atoms with Crippen molar-refractivity contribution in [3.05, 3.63) is 42.4 Å². The minimum Gasteiger partial charge on any atom is -0.493 e. The van der Waals surface area contributed by atoms with Gasteiger partial charge in [0.05, 0.1) is 32.0 Å². The molecule has 3 aromatic rings. The van der Waals surface area contributed by atoms with Crippen LogP contribution < -0.4 is 14.8 Å². The molecule has 2 aromatic heterocycles. The summed E-state index contributed by atoms with van der Waals surface area (Å²) in [7, 11) is 3.13. The summed E-state index contributed by atoms with van der Waals surface area (Å²) in [6.45, 7) is 2.05. The van der Waals surface area contributed by atoms with Gasteiger partial charge in [0, 0.05) is 29.5 Å². The zero-order chi connectivity index (χ0) is 17.8. The van der Waals surface area contributed by atoms with Crippen molar-refractivity contribution in [1.29, 1.82) is 0 Å². The number of anilines is 2. The van der Waals surface area contributed by atoms with E-state index in [0.717, 1.165) is 16.6 Å². The van der Waals surface area contributed by atoms with Crippen LogP contribution in [0, 0.1) is 0 Å². The first kappa shape index (κ1) is 16.6. The minimum atomic E-state index is -0.437. The zero-order valence-electron chi connectivity index (χ0n) is 14.3. The topological polar surface area (TPSA) is 85.5 Å². The first-order valence-electron chi connectivity index (χ1n) is 7.79. The fourth-order valence-electron chi connectivity index (χ4n) is 2.59. The smallest absolute Gasteiger partial charge is 0.356 e. The van der Waals surface area contributed by atoms with E-state index < -0.39 is 5.97 Å². The molecule has 0 saturated carbocycles. The molecule has 0 atom stereocenters. The van der Waals surface area contributed by atoms with E-state index in [1.807, 2.05) is 18.2 Å². The van der Waals surface area contributed by atoms with Crippen LogP contribution in [0.15, 0.2) is 36.7 Å². The maximum atomic E-state index is 12.4. The molecule has 0 aliphatic heterocycles. The summed E-state index contributed by atoms with van der Waals surface area (Å²) >= 11 is 0. The van der Waals surface area contributed by atoms with Crippen molar-refractivity contribution in [3.63, 3.8) is 0 Å². The van der Waals surface area contributed by atoms with Gasteiger partial charge in [-0.05, 0) is 25.1 Å². The van der Waals surface area contributed by atoms with E-state index in [2.05, 4.69) is 15.3 Å². The molecule has 0 fully saturated rings. The van der Waals surface area contributed by atoms with Gasteiger partial charge in [0.25, 0.3) is 0 Å². The van der Waals surface area contributed by atoms with Gasteiger partial charge in [-0.3, -0.25) is 4.98 Å². The van der Waals surface area contributed by atoms with E-state index in [-0.39, 0.29) is 6.61 Å². The number of pyridine rings is 1. The Kier molecular flexibility index (Phi) is 4.74. The maximum absolute atomic E-state index is 12.4. The normalized spacial score (nSPS) is 10.5. The van der Waals surface area contributed by atoms with Crippen molar-refractivity contribution in [3.8, 4) is 11.5 Å². The Morgan fingerprint density at radius 2 is 1.84 bits per heavy atom. The molecular formula is C18H19N3O4. The van der Waals surface area contributed by atoms with Crippen LogP contribution >= 0.6 is 0 Å². The number of rotatable bonds is 6. The molecule has 2 N–H and O–H groups in total. The molecule has 3 rings (SSSR count). The number of aromatic nitrogens is 2. The second-order valence-corrected chi connectivity index (χ2v) is 5.21. The zero-order valence-corrected chi connectivity index (χ0v) is 14.3. The fourth-order valence-corrected chi connectivity index (χ4v) is 2.59. The number of carbonyl (C=O) groups excluding carboxylic acids is 1. The highest BCUT2D eigenvalue weighted by Crippen LogP contribution is 2.38. The maximum Gasteiger partial charge on any atom is 0.356 e. The van der Waals surface area contributed by atoms with Crippen LogP contribution in [0.3, 0.4) is 0 Å². The van der Waals surface area contributed by atoms with Crippen LogP contribution in [0.25, 0.3) is 10.9 Å². The number of ether oxygens (including phenoxy) is 3. The molecule has 2 heterocycles. The van der Waals surface area contributed by atoms with Crippen molar-refractivity contribution in [2.45, 2.75) is 6.92 Å². The number of hydrogen-bond acceptors (Lipinski definition) is 6. The number of methoxy groups -OCH3 is 2. The Morgan fingerprint density at radius 1 is 1.16 bits per heavy atom. The molecule has 130 valence electrons. The number of hydrogen-bond donors (Lipinski definition) is 2. The number of esters is 1. The molecule has 0 spiro atoms. The van der Waals surface area contributed by atoms with Crippen molar-refractivity contribution in [1.82, 2.24) is 9.97 Å². The van der Waals surface area contributed by atoms with Crippen LogP contribution in [0.1, 0.15) is 17.4 Å². The molecular weight excluding hydrogens is 322 g/mol. The van der Waals surface area contributed by atoms with Gasteiger partial charge in [-0.2, -0.15) is 0 Å². The summed E-state index contributed by atoms with van der Waals surface area (Å²) in [6.07, 6.45) is 3.34. The number of benzene rings is 1. The molecule has 25 heavy (non-hydrogen) atoms. The van der Waals surface area contributed by atoms with Crippen molar-refractivity contribution in [2.24, 2.45) is 0 Å². The lowest BCUT2D eigenvalue weighted by Crippen LogP contribution is -2.07. The molecule has 7 nitrogen and oxygen atoms in total. The molecule has 0 unspecified atom stereocenters. The van der Waals surface area contributed by atoms with Crippen LogP contribution in [0.2, 0.25) is 0 Å². The van der Waals surface area contributed by atoms with Gasteiger partial charge in [0.1, 0.15) is 5.69 Å². The Bertz CT molecular complexity index is 890. The SMILES string of the molecule is CCOC(=O)c1[nH]c2cc(OC)c(OC)cc2c1Nc1ccncc1. The number of carbonyl (C=O) groups is 1. The number of nitrogens with one attached hydrogen (secondary N) is 2. The number of H-pyrrole nitrogens is 1. The monoisotopic (exact) mass is 341 g/mol. The standard InChI is InChI=1S/C18H19N3O4/c1-4-25-18(22)17-16(20-11-5-7-19-8-6-11)12-9-14(23-2)15(24-3)10-13(12)21-17/h5-10,21H,4H2,1-3H3,(H,19,20). The summed E-state index contributed by atoms with van der Waals surface area (Å²) < 4.78 is 15.9. The van der Waals surface area contributed by atoms with Gasteiger partial charge in [-0.15, -0.1) is 0 Å². The van der Waals surface area contributed by atoms with Crippen molar-refractivity contribution >= 4 is 28.2 Å². The van der Waals surface area contributed by atoms with Crippen molar-refractivity contribution < 1.29 is 19.0 Å². The molecule has 0 bridgehead atoms. The summed E-state index contributed by atoms with van der Waals surface area (Å²) in [6, 6.07) is 7.23. The predicted molar refractivity (Wildman–Crippen MR) is 94.9 cm³/mol. The molecule has 0 aliphatic carbocycles. The van der Waals surface area contributed by atoms with Gasteiger partial charge in [-0.25, -0.2) is 4.79 Å². The molecule has 1 aromatic carbocycles. The van der Waals surface area contributed by atoms with E-state index in [1.165, 1.54) is 0 Å². The lowest BCUT2D eigenvalue weighted by molar-refractivity contribution is 0.0522. The van der Waals surface area contributed by atoms with Crippen LogP contribution in [0.5, 0.6) is 11.5 Å². The first-order chi connectivity index (χ1) is 12.2. The molecule has 0 aliphatic rings. The lowest BCUT2D eigenvalue weighted by Gasteiger charge is -2.10. The number of nitrogens with zero attached hydrogens (tertiary/aromatic N) is 1. The summed E-state index contributed by atoms with van der Waals surface area (Å²) in [5.74, 6) is 0.706. The Labute approximate surface area is 144 Å². The number of fused-ring (bicyclic) bond motifs is 1. The van der Waals surface area contributed by atoms with Crippen LogP contribution in [-0.4, -0.2) is 36.8 Å². The molecule has 0 saturated heterocycles. The third-order valence-corrected chi connectivity index (χ3v) is 3.73. The van der Waals surface area contributed by atoms with E-state index in [4.69, 9.17) is 14.2 Å². The lowest BCUT2D eigenvalue weighted by atomic mass is 10.2. The third-order valence-electron chi connectivity index (χ3n) is 3.73. The van der Waals surface area contributed by atoms with E-state index in [1.54, 1.807) is 39.6 Å². The van der Waals surface area contributed by atoms with Gasteiger partial charge in [-0.1, -0.05) is 0 Å². The highest BCUT2D eigenvalue weighted by Gasteiger charge is 2.21. The second kappa shape index (κ2) is 7.12. The molecule has 0 amide bonds. The second-order valence-electron chi connectivity index (χ2n) is 5.21. The molecule has 7 heteroatoms. The highest BCUT2D eigenvalue weighted by atomic mass is 16.5. The van der Waals surface area contributed by atoms with Gasteiger partial charge in [0.2, 0.25) is 0 Å². The minimum absolute atomic E-state index is 0.287. The predicted octanol–water partition coefficient (Wildman–Crippen LogP) is 3.50. The number of aromatic amines is 1. The third kappa shape index (κ3) is 3.21. The Morgan fingerprint density at radius 3 is 2.48 bits per heavy atom. The Balaban J connectivity index is 2.18. The van der Waals surface area contributed by atoms with Gasteiger partial charge in [0.15, 0.2) is 11.5 Å².